The van der Waals surface area contributed by atoms with Gasteiger partial charge in [-0.3, -0.25) is 4.98 Å². The highest BCUT2D eigenvalue weighted by Crippen LogP contribution is 2.24. The molecule has 0 atom stereocenters. The fourth-order valence-corrected chi connectivity index (χ4v) is 2.63. The number of hydrogen-bond acceptors (Lipinski definition) is 4. The summed E-state index contributed by atoms with van der Waals surface area (Å²) >= 11 is 10.3. The zero-order valence-corrected chi connectivity index (χ0v) is 12.7. The summed E-state index contributed by atoms with van der Waals surface area (Å²) in [7, 11) is 0. The maximum absolute atomic E-state index is 5.26. The average Bonchev–Trinajstić information content (AvgIpc) is 2.77. The van der Waals surface area contributed by atoms with E-state index in [0.29, 0.717) is 10.6 Å². The number of hydrogen-bond donors (Lipinski definition) is 1. The molecule has 0 saturated carbocycles. The van der Waals surface area contributed by atoms with Crippen molar-refractivity contribution in [3.63, 3.8) is 0 Å². The van der Waals surface area contributed by atoms with E-state index in [1.54, 1.807) is 23.0 Å². The molecular weight excluding hydrogens is 318 g/mol. The van der Waals surface area contributed by atoms with Gasteiger partial charge in [0.1, 0.15) is 4.64 Å². The lowest BCUT2D eigenvalue weighted by atomic mass is 10.1. The normalized spacial score (nSPS) is 11.1. The van der Waals surface area contributed by atoms with Gasteiger partial charge in [0.2, 0.25) is 0 Å². The zero-order valence-electron chi connectivity index (χ0n) is 9.53. The van der Waals surface area contributed by atoms with Crippen molar-refractivity contribution in [2.75, 3.05) is 0 Å². The Morgan fingerprint density at radius 1 is 1.53 bits per heavy atom. The van der Waals surface area contributed by atoms with Crippen LogP contribution in [0.15, 0.2) is 16.2 Å². The molecule has 0 radical (unpaired) electrons. The molecule has 0 amide bonds. The van der Waals surface area contributed by atoms with Crippen molar-refractivity contribution in [1.82, 2.24) is 15.0 Å². The van der Waals surface area contributed by atoms with E-state index in [0.717, 1.165) is 27.3 Å². The number of nitrogens with one attached hydrogen (secondary N) is 1. The highest BCUT2D eigenvalue weighted by atomic mass is 79.9. The van der Waals surface area contributed by atoms with Gasteiger partial charge in [0.25, 0.3) is 0 Å². The highest BCUT2D eigenvalue weighted by molar-refractivity contribution is 9.10. The lowest BCUT2D eigenvalue weighted by Gasteiger charge is -2.09. The van der Waals surface area contributed by atoms with Gasteiger partial charge >= 0.3 is 0 Å². The van der Waals surface area contributed by atoms with Gasteiger partial charge in [-0.2, -0.15) is 0 Å². The van der Waals surface area contributed by atoms with Crippen molar-refractivity contribution in [2.45, 2.75) is 20.3 Å². The molecule has 0 aliphatic rings. The van der Waals surface area contributed by atoms with E-state index in [1.807, 2.05) is 0 Å². The molecule has 1 N–H and O–H groups in total. The smallest absolute Gasteiger partial charge is 0.150 e. The third kappa shape index (κ3) is 3.00. The largest absolute Gasteiger partial charge is 0.341 e. The predicted octanol–water partition coefficient (Wildman–Crippen LogP) is 4.22. The summed E-state index contributed by atoms with van der Waals surface area (Å²) in [5, 5.41) is 0. The van der Waals surface area contributed by atoms with Crippen LogP contribution in [0.1, 0.15) is 19.5 Å². The molecule has 17 heavy (non-hydrogen) atoms. The minimum Gasteiger partial charge on any atom is -0.341 e. The van der Waals surface area contributed by atoms with Gasteiger partial charge < -0.3 is 4.98 Å². The van der Waals surface area contributed by atoms with E-state index < -0.39 is 0 Å². The molecule has 0 fully saturated rings. The van der Waals surface area contributed by atoms with E-state index in [4.69, 9.17) is 12.2 Å². The maximum atomic E-state index is 5.26. The van der Waals surface area contributed by atoms with Crippen LogP contribution in [-0.4, -0.2) is 15.0 Å². The summed E-state index contributed by atoms with van der Waals surface area (Å²) in [6.45, 7) is 4.35. The van der Waals surface area contributed by atoms with E-state index in [2.05, 4.69) is 44.7 Å². The summed E-state index contributed by atoms with van der Waals surface area (Å²) in [4.78, 5) is 12.8. The van der Waals surface area contributed by atoms with Crippen LogP contribution in [-0.2, 0) is 6.42 Å². The van der Waals surface area contributed by atoms with E-state index in [1.165, 1.54) is 0 Å². The van der Waals surface area contributed by atoms with Gasteiger partial charge in [0.05, 0.1) is 14.9 Å². The van der Waals surface area contributed by atoms with Crippen LogP contribution in [0.5, 0.6) is 0 Å². The number of aromatic nitrogens is 3. The van der Waals surface area contributed by atoms with Crippen molar-refractivity contribution in [2.24, 2.45) is 5.92 Å². The molecule has 0 aliphatic heterocycles. The second kappa shape index (κ2) is 5.37. The minimum absolute atomic E-state index is 0.564. The predicted molar refractivity (Wildman–Crippen MR) is 76.8 cm³/mol. The Labute approximate surface area is 117 Å². The van der Waals surface area contributed by atoms with Crippen LogP contribution >= 0.6 is 39.5 Å². The third-order valence-electron chi connectivity index (χ3n) is 2.21. The van der Waals surface area contributed by atoms with Crippen molar-refractivity contribution in [1.29, 1.82) is 0 Å². The van der Waals surface area contributed by atoms with Crippen LogP contribution in [0.4, 0.5) is 0 Å². The van der Waals surface area contributed by atoms with Crippen LogP contribution < -0.4 is 0 Å². The van der Waals surface area contributed by atoms with Crippen molar-refractivity contribution < 1.29 is 0 Å². The highest BCUT2D eigenvalue weighted by Gasteiger charge is 2.10. The molecule has 2 rings (SSSR count). The molecule has 6 heteroatoms. The Hall–Kier alpha value is -0.590. The van der Waals surface area contributed by atoms with E-state index >= 15 is 0 Å². The Morgan fingerprint density at radius 2 is 2.29 bits per heavy atom. The molecule has 0 bridgehead atoms. The molecule has 90 valence electrons. The molecule has 2 heterocycles. The Morgan fingerprint density at radius 3 is 2.88 bits per heavy atom. The minimum atomic E-state index is 0.564. The van der Waals surface area contributed by atoms with Crippen LogP contribution in [0, 0.1) is 10.6 Å². The number of rotatable bonds is 3. The van der Waals surface area contributed by atoms with Gasteiger partial charge in [-0.25, -0.2) is 4.98 Å². The van der Waals surface area contributed by atoms with Crippen molar-refractivity contribution in [3.05, 3.63) is 26.5 Å². The lowest BCUT2D eigenvalue weighted by Crippen LogP contribution is -2.02. The first kappa shape index (κ1) is 12.9. The van der Waals surface area contributed by atoms with Crippen LogP contribution in [0.3, 0.4) is 0 Å². The Balaban J connectivity index is 2.50. The second-order valence-electron chi connectivity index (χ2n) is 4.15. The first-order valence-electron chi connectivity index (χ1n) is 5.25. The average molecular weight is 330 g/mol. The first-order valence-corrected chi connectivity index (χ1v) is 7.33. The quantitative estimate of drug-likeness (QED) is 0.857. The van der Waals surface area contributed by atoms with Gasteiger partial charge in [-0.1, -0.05) is 26.1 Å². The van der Waals surface area contributed by atoms with Gasteiger partial charge in [0, 0.05) is 11.9 Å². The fourth-order valence-electron chi connectivity index (χ4n) is 1.50. The topological polar surface area (TPSA) is 41.6 Å². The lowest BCUT2D eigenvalue weighted by molar-refractivity contribution is 0.632. The van der Waals surface area contributed by atoms with E-state index in [9.17, 15) is 0 Å². The summed E-state index contributed by atoms with van der Waals surface area (Å²) in [6.07, 6.45) is 2.74. The van der Waals surface area contributed by atoms with Crippen molar-refractivity contribution in [3.8, 4) is 10.7 Å². The molecule has 0 saturated heterocycles. The molecule has 2 aromatic heterocycles. The number of thiazole rings is 1. The molecule has 0 aromatic carbocycles. The van der Waals surface area contributed by atoms with E-state index in [-0.39, 0.29) is 0 Å². The summed E-state index contributed by atoms with van der Waals surface area (Å²) in [5.41, 5.74) is 2.89. The van der Waals surface area contributed by atoms with Crippen LogP contribution in [0.2, 0.25) is 0 Å². The number of aromatic amines is 1. The first-order chi connectivity index (χ1) is 8.08. The Kier molecular flexibility index (Phi) is 4.06. The zero-order chi connectivity index (χ0) is 12.4. The standard InChI is InChI=1S/C11H12BrN3S2/c1-6(2)3-7-9(12)11(16)15-10(14-7)8-4-13-5-17-8/h4-6H,3H2,1-2H3,(H,14,15,16). The Bertz CT molecular complexity index is 561. The monoisotopic (exact) mass is 329 g/mol. The SMILES string of the molecule is CC(C)Cc1[nH]c(-c2cncs2)nc(=S)c1Br. The molecule has 0 unspecified atom stereocenters. The molecule has 3 nitrogen and oxygen atoms in total. The maximum Gasteiger partial charge on any atom is 0.150 e. The van der Waals surface area contributed by atoms with Gasteiger partial charge in [-0.15, -0.1) is 11.3 Å². The molecule has 0 aliphatic carbocycles. The number of H-pyrrole nitrogens is 1. The molecule has 0 spiro atoms. The summed E-state index contributed by atoms with van der Waals surface area (Å²) in [6, 6.07) is 0. The second-order valence-corrected chi connectivity index (χ2v) is 6.21. The molecular formula is C11H12BrN3S2. The van der Waals surface area contributed by atoms with Crippen molar-refractivity contribution >= 4 is 39.5 Å². The summed E-state index contributed by atoms with van der Waals surface area (Å²) < 4.78 is 1.50. The van der Waals surface area contributed by atoms with Gasteiger partial charge in [-0.05, 0) is 28.3 Å². The summed E-state index contributed by atoms with van der Waals surface area (Å²) in [5.74, 6) is 1.37. The number of halogens is 1. The molecule has 2 aromatic rings. The van der Waals surface area contributed by atoms with Gasteiger partial charge in [0.15, 0.2) is 5.82 Å². The fraction of sp³-hybridized carbons (Fsp3) is 0.364. The van der Waals surface area contributed by atoms with Crippen LogP contribution in [0.25, 0.3) is 10.7 Å². The third-order valence-corrected chi connectivity index (χ3v) is 4.41. The number of nitrogens with zero attached hydrogens (tertiary/aromatic N) is 2.